The van der Waals surface area contributed by atoms with E-state index in [4.69, 9.17) is 9.90 Å². The predicted molar refractivity (Wildman–Crippen MR) is 63.2 cm³/mol. The molecule has 0 saturated carbocycles. The smallest absolute Gasteiger partial charge is 0.549 e. The molecule has 8 heteroatoms. The van der Waals surface area contributed by atoms with Gasteiger partial charge in [-0.2, -0.15) is 0 Å². The maximum Gasteiger partial charge on any atom is 1.00 e. The van der Waals surface area contributed by atoms with Gasteiger partial charge in [0.15, 0.2) is 0 Å². The van der Waals surface area contributed by atoms with Gasteiger partial charge in [-0.3, -0.25) is 0 Å². The normalized spacial score (nSPS) is 9.11. The van der Waals surface area contributed by atoms with Gasteiger partial charge in [-0.25, -0.2) is 0 Å². The number of aliphatic carboxylic acids is 2. The van der Waals surface area contributed by atoms with E-state index in [1.54, 1.807) is 21.1 Å². The fraction of sp³-hybridized carbons (Fsp3) is 0.800. The minimum atomic E-state index is -1.23. The second-order valence-corrected chi connectivity index (χ2v) is 4.93. The second kappa shape index (κ2) is 15.2. The van der Waals surface area contributed by atoms with Crippen molar-refractivity contribution in [1.82, 2.24) is 4.90 Å². The van der Waals surface area contributed by atoms with Crippen molar-refractivity contribution in [3.05, 3.63) is 0 Å². The average Bonchev–Trinajstić information content (AvgIpc) is 1.98. The van der Waals surface area contributed by atoms with Crippen LogP contribution in [0.5, 0.6) is 0 Å². The number of quaternary nitrogens is 1. The van der Waals surface area contributed by atoms with E-state index < -0.39 is 17.8 Å². The quantitative estimate of drug-likeness (QED) is 0.295. The molecule has 0 aliphatic heterocycles. The molecule has 0 saturated heterocycles. The fourth-order valence-electron chi connectivity index (χ4n) is 0.387. The van der Waals surface area contributed by atoms with Gasteiger partial charge in [0.2, 0.25) is 0 Å². The summed E-state index contributed by atoms with van der Waals surface area (Å²) < 4.78 is 0.419. The molecule has 0 N–H and O–H groups in total. The number of carbonyl (C=O) groups excluding carboxylic acids is 2. The monoisotopic (exact) mass is 292 g/mol. The number of alkyl halides is 1. The zero-order chi connectivity index (χ0) is 14.6. The third-order valence-electron chi connectivity index (χ3n) is 0.713. The average molecular weight is 293 g/mol. The molecule has 0 unspecified atom stereocenters. The Bertz CT molecular complexity index is 218. The summed E-state index contributed by atoms with van der Waals surface area (Å²) in [6, 6.07) is 0. The van der Waals surface area contributed by atoms with E-state index in [0.717, 1.165) is 0 Å². The van der Waals surface area contributed by atoms with E-state index in [9.17, 15) is 9.90 Å². The molecule has 0 heterocycles. The van der Waals surface area contributed by atoms with Gasteiger partial charge in [0, 0.05) is 0 Å². The largest absolute Gasteiger partial charge is 1.00 e. The summed E-state index contributed by atoms with van der Waals surface area (Å²) in [5, 5.41) is 19.0. The van der Waals surface area contributed by atoms with Crippen LogP contribution in [0.25, 0.3) is 0 Å². The molecule has 0 bridgehead atoms. The molecule has 104 valence electrons. The molecule has 0 aromatic heterocycles. The summed E-state index contributed by atoms with van der Waals surface area (Å²) in [5.74, 6) is -2.65. The van der Waals surface area contributed by atoms with Gasteiger partial charge in [0.25, 0.3) is 0 Å². The van der Waals surface area contributed by atoms with Crippen molar-refractivity contribution in [2.75, 3.05) is 54.7 Å². The van der Waals surface area contributed by atoms with E-state index in [1.165, 1.54) is 0 Å². The van der Waals surface area contributed by atoms with Crippen LogP contribution in [0.4, 0.5) is 0 Å². The van der Waals surface area contributed by atoms with Crippen molar-refractivity contribution in [2.24, 2.45) is 0 Å². The number of carboxylic acid groups (broad SMARTS) is 2. The van der Waals surface area contributed by atoms with E-state index in [2.05, 4.69) is 11.6 Å². The third kappa shape index (κ3) is 72.5. The standard InChI is InChI=1S/C5H11NO2.C3H9N.C2H3ClO2.Na/c1-6(2,3)4-5(7)8;1-4(2)3;3-1-2(4)5;/h4H2,1-3H3;1-3H3;1H2,(H,4,5);/q;;;+1/p-1. The number of hydrogen-bond donors (Lipinski definition) is 0. The maximum atomic E-state index is 9.89. The molecular formula is C10H22ClN2NaO4. The van der Waals surface area contributed by atoms with Crippen molar-refractivity contribution >= 4 is 23.5 Å². The number of nitrogens with zero attached hydrogens (tertiary/aromatic N) is 2. The van der Waals surface area contributed by atoms with Crippen molar-refractivity contribution in [3.63, 3.8) is 0 Å². The molecule has 0 spiro atoms. The number of carboxylic acids is 2. The minimum absolute atomic E-state index is 0. The van der Waals surface area contributed by atoms with Gasteiger partial charge in [-0.1, -0.05) is 0 Å². The third-order valence-corrected chi connectivity index (χ3v) is 0.931. The first-order valence-electron chi connectivity index (χ1n) is 4.79. The Morgan fingerprint density at radius 3 is 1.28 bits per heavy atom. The number of likely N-dealkylation sites (N-methyl/N-ethyl adjacent to an activating group) is 1. The molecule has 0 aromatic carbocycles. The molecule has 0 fully saturated rings. The molecule has 0 rings (SSSR count). The molecular weight excluding hydrogens is 271 g/mol. The number of carbonyl (C=O) groups is 2. The van der Waals surface area contributed by atoms with Crippen molar-refractivity contribution < 1.29 is 53.8 Å². The van der Waals surface area contributed by atoms with Crippen molar-refractivity contribution in [2.45, 2.75) is 0 Å². The van der Waals surface area contributed by atoms with Crippen molar-refractivity contribution in [1.29, 1.82) is 0 Å². The minimum Gasteiger partial charge on any atom is -0.549 e. The first-order chi connectivity index (χ1) is 7.42. The molecule has 0 radical (unpaired) electrons. The van der Waals surface area contributed by atoms with Gasteiger partial charge in [0.1, 0.15) is 6.54 Å². The summed E-state index contributed by atoms with van der Waals surface area (Å²) in [7, 11) is 11.4. The van der Waals surface area contributed by atoms with Crippen LogP contribution in [0, 0.1) is 0 Å². The predicted octanol–water partition coefficient (Wildman–Crippen LogP) is -5.40. The van der Waals surface area contributed by atoms with Crippen LogP contribution in [0.3, 0.4) is 0 Å². The first-order valence-corrected chi connectivity index (χ1v) is 5.32. The van der Waals surface area contributed by atoms with Crippen LogP contribution in [0.2, 0.25) is 0 Å². The number of rotatable bonds is 3. The SMILES string of the molecule is CN(C)C.C[N+](C)(C)CC(=O)[O-].O=C([O-])CCl.[Na+]. The van der Waals surface area contributed by atoms with Gasteiger partial charge < -0.3 is 29.2 Å². The van der Waals surface area contributed by atoms with Gasteiger partial charge in [-0.15, -0.1) is 11.6 Å². The summed E-state index contributed by atoms with van der Waals surface area (Å²) >= 11 is 4.67. The second-order valence-electron chi connectivity index (χ2n) is 4.67. The Morgan fingerprint density at radius 2 is 1.28 bits per heavy atom. The van der Waals surface area contributed by atoms with Crippen LogP contribution >= 0.6 is 11.6 Å². The Kier molecular flexibility index (Phi) is 22.5. The van der Waals surface area contributed by atoms with Crippen LogP contribution in [0.1, 0.15) is 0 Å². The number of halogens is 1. The molecule has 0 aliphatic carbocycles. The maximum absolute atomic E-state index is 9.89. The van der Waals surface area contributed by atoms with Crippen LogP contribution in [-0.2, 0) is 9.59 Å². The van der Waals surface area contributed by atoms with Gasteiger partial charge in [0.05, 0.1) is 39.0 Å². The Morgan fingerprint density at radius 1 is 1.06 bits per heavy atom. The van der Waals surface area contributed by atoms with E-state index in [-0.39, 0.29) is 36.1 Å². The van der Waals surface area contributed by atoms with Crippen LogP contribution in [-0.4, -0.2) is 76.0 Å². The first kappa shape index (κ1) is 26.7. The van der Waals surface area contributed by atoms with Gasteiger partial charge in [-0.05, 0) is 21.1 Å². The summed E-state index contributed by atoms with van der Waals surface area (Å²) in [4.78, 5) is 21.0. The molecule has 0 aliphatic rings. The fourth-order valence-corrected chi connectivity index (χ4v) is 0.387. The Labute approximate surface area is 136 Å². The zero-order valence-corrected chi connectivity index (χ0v) is 15.1. The topological polar surface area (TPSA) is 83.5 Å². The molecule has 6 nitrogen and oxygen atoms in total. The Hall–Kier alpha value is 0.150. The summed E-state index contributed by atoms with van der Waals surface area (Å²) in [5.41, 5.74) is 0. The summed E-state index contributed by atoms with van der Waals surface area (Å²) in [6.45, 7) is 0.0694. The summed E-state index contributed by atoms with van der Waals surface area (Å²) in [6.07, 6.45) is 0. The Balaban J connectivity index is -0.0000000855. The molecule has 0 atom stereocenters. The molecule has 18 heavy (non-hydrogen) atoms. The van der Waals surface area contributed by atoms with E-state index in [1.807, 2.05) is 26.0 Å². The molecule has 0 aromatic rings. The number of hydrogen-bond acceptors (Lipinski definition) is 5. The zero-order valence-electron chi connectivity index (χ0n) is 12.3. The molecule has 0 amide bonds. The van der Waals surface area contributed by atoms with Crippen molar-refractivity contribution in [3.8, 4) is 0 Å². The van der Waals surface area contributed by atoms with Gasteiger partial charge >= 0.3 is 29.6 Å². The van der Waals surface area contributed by atoms with E-state index in [0.29, 0.717) is 4.48 Å². The van der Waals surface area contributed by atoms with Crippen LogP contribution < -0.4 is 39.8 Å². The van der Waals surface area contributed by atoms with E-state index >= 15 is 0 Å². The van der Waals surface area contributed by atoms with Crippen LogP contribution in [0.15, 0.2) is 0 Å².